The summed E-state index contributed by atoms with van der Waals surface area (Å²) in [5.74, 6) is -0.898. The SMILES string of the molecule is O=C(c1cc(Cl)ccc1F)N1CCCC1CCO. The molecule has 0 spiro atoms. The highest BCUT2D eigenvalue weighted by molar-refractivity contribution is 6.31. The minimum absolute atomic E-state index is 0.000816. The summed E-state index contributed by atoms with van der Waals surface area (Å²) in [4.78, 5) is 13.9. The van der Waals surface area contributed by atoms with E-state index in [1.54, 1.807) is 4.90 Å². The van der Waals surface area contributed by atoms with Crippen molar-refractivity contribution in [3.8, 4) is 0 Å². The summed E-state index contributed by atoms with van der Waals surface area (Å²) >= 11 is 5.79. The van der Waals surface area contributed by atoms with Gasteiger partial charge in [-0.1, -0.05) is 11.6 Å². The van der Waals surface area contributed by atoms with Gasteiger partial charge in [0.25, 0.3) is 5.91 Å². The van der Waals surface area contributed by atoms with Crippen molar-refractivity contribution in [2.45, 2.75) is 25.3 Å². The number of carbonyl (C=O) groups excluding carboxylic acids is 1. The monoisotopic (exact) mass is 271 g/mol. The molecule has 1 fully saturated rings. The molecule has 0 saturated carbocycles. The van der Waals surface area contributed by atoms with Gasteiger partial charge in [-0.15, -0.1) is 0 Å². The third-order valence-corrected chi connectivity index (χ3v) is 3.49. The molecule has 5 heteroatoms. The first kappa shape index (κ1) is 13.3. The van der Waals surface area contributed by atoms with E-state index in [1.807, 2.05) is 0 Å². The molecule has 1 unspecified atom stereocenters. The molecule has 18 heavy (non-hydrogen) atoms. The maximum Gasteiger partial charge on any atom is 0.257 e. The summed E-state index contributed by atoms with van der Waals surface area (Å²) in [5, 5.41) is 9.31. The average Bonchev–Trinajstić information content (AvgIpc) is 2.80. The van der Waals surface area contributed by atoms with Gasteiger partial charge in [-0.25, -0.2) is 4.39 Å². The zero-order chi connectivity index (χ0) is 13.1. The van der Waals surface area contributed by atoms with E-state index in [1.165, 1.54) is 18.2 Å². The van der Waals surface area contributed by atoms with Gasteiger partial charge in [0.05, 0.1) is 5.56 Å². The number of rotatable bonds is 3. The number of nitrogens with zero attached hydrogens (tertiary/aromatic N) is 1. The van der Waals surface area contributed by atoms with Gasteiger partial charge >= 0.3 is 0 Å². The number of hydrogen-bond donors (Lipinski definition) is 1. The number of carbonyl (C=O) groups is 1. The van der Waals surface area contributed by atoms with Crippen LogP contribution in [-0.2, 0) is 0 Å². The van der Waals surface area contributed by atoms with Crippen LogP contribution in [0.4, 0.5) is 4.39 Å². The Bertz CT molecular complexity index is 453. The average molecular weight is 272 g/mol. The Morgan fingerprint density at radius 1 is 1.56 bits per heavy atom. The first-order chi connectivity index (χ1) is 8.63. The van der Waals surface area contributed by atoms with Gasteiger partial charge in [0, 0.05) is 24.2 Å². The van der Waals surface area contributed by atoms with Crippen LogP contribution in [0.15, 0.2) is 18.2 Å². The number of halogens is 2. The van der Waals surface area contributed by atoms with Crippen molar-refractivity contribution in [1.82, 2.24) is 4.90 Å². The predicted octanol–water partition coefficient (Wildman–Crippen LogP) is 2.47. The Kier molecular flexibility index (Phi) is 4.19. The quantitative estimate of drug-likeness (QED) is 0.917. The van der Waals surface area contributed by atoms with E-state index in [-0.39, 0.29) is 24.1 Å². The Morgan fingerprint density at radius 2 is 2.33 bits per heavy atom. The number of benzene rings is 1. The van der Waals surface area contributed by atoms with Crippen LogP contribution in [0, 0.1) is 5.82 Å². The largest absolute Gasteiger partial charge is 0.396 e. The van der Waals surface area contributed by atoms with E-state index in [4.69, 9.17) is 16.7 Å². The van der Waals surface area contributed by atoms with Gasteiger partial charge in [0.2, 0.25) is 0 Å². The number of amides is 1. The molecule has 1 heterocycles. The van der Waals surface area contributed by atoms with Crippen LogP contribution in [0.3, 0.4) is 0 Å². The molecule has 1 atom stereocenters. The Balaban J connectivity index is 2.22. The summed E-state index contributed by atoms with van der Waals surface area (Å²) in [6.07, 6.45) is 2.28. The second-order valence-electron chi connectivity index (χ2n) is 4.43. The fourth-order valence-electron chi connectivity index (χ4n) is 2.37. The second kappa shape index (κ2) is 5.67. The van der Waals surface area contributed by atoms with E-state index in [9.17, 15) is 9.18 Å². The minimum Gasteiger partial charge on any atom is -0.396 e. The molecule has 0 radical (unpaired) electrons. The highest BCUT2D eigenvalue weighted by Gasteiger charge is 2.30. The number of aliphatic hydroxyl groups excluding tert-OH is 1. The third-order valence-electron chi connectivity index (χ3n) is 3.26. The Morgan fingerprint density at radius 3 is 3.06 bits per heavy atom. The molecular weight excluding hydrogens is 257 g/mol. The maximum absolute atomic E-state index is 13.6. The normalized spacial score (nSPS) is 19.3. The van der Waals surface area contributed by atoms with E-state index < -0.39 is 5.82 Å². The van der Waals surface area contributed by atoms with Gasteiger partial charge in [0.15, 0.2) is 0 Å². The molecule has 1 N–H and O–H groups in total. The molecule has 3 nitrogen and oxygen atoms in total. The molecule has 0 bridgehead atoms. The lowest BCUT2D eigenvalue weighted by Gasteiger charge is -2.24. The highest BCUT2D eigenvalue weighted by atomic mass is 35.5. The maximum atomic E-state index is 13.6. The lowest BCUT2D eigenvalue weighted by molar-refractivity contribution is 0.0711. The zero-order valence-electron chi connectivity index (χ0n) is 9.90. The summed E-state index contributed by atoms with van der Waals surface area (Å²) in [7, 11) is 0. The molecule has 1 aromatic carbocycles. The van der Waals surface area contributed by atoms with Crippen LogP contribution < -0.4 is 0 Å². The van der Waals surface area contributed by atoms with Crippen molar-refractivity contribution in [2.24, 2.45) is 0 Å². The lowest BCUT2D eigenvalue weighted by atomic mass is 10.1. The van der Waals surface area contributed by atoms with Gasteiger partial charge in [-0.2, -0.15) is 0 Å². The Labute approximate surface area is 110 Å². The first-order valence-corrected chi connectivity index (χ1v) is 6.38. The topological polar surface area (TPSA) is 40.5 Å². The van der Waals surface area contributed by atoms with Crippen molar-refractivity contribution in [2.75, 3.05) is 13.2 Å². The summed E-state index contributed by atoms with van der Waals surface area (Å²) in [6.45, 7) is 0.641. The molecule has 0 aliphatic carbocycles. The van der Waals surface area contributed by atoms with Crippen LogP contribution in [-0.4, -0.2) is 35.1 Å². The standard InChI is InChI=1S/C13H15ClFNO2/c14-9-3-4-12(15)11(8-9)13(18)16-6-1-2-10(16)5-7-17/h3-4,8,10,17H,1-2,5-7H2. The zero-order valence-corrected chi connectivity index (χ0v) is 10.7. The molecule has 1 aromatic rings. The van der Waals surface area contributed by atoms with Crippen LogP contribution in [0.5, 0.6) is 0 Å². The van der Waals surface area contributed by atoms with E-state index in [0.717, 1.165) is 12.8 Å². The minimum atomic E-state index is -0.556. The smallest absolute Gasteiger partial charge is 0.257 e. The van der Waals surface area contributed by atoms with Gasteiger partial charge in [0.1, 0.15) is 5.82 Å². The van der Waals surface area contributed by atoms with Crippen molar-refractivity contribution >= 4 is 17.5 Å². The summed E-state index contributed by atoms with van der Waals surface area (Å²) in [6, 6.07) is 3.98. The van der Waals surface area contributed by atoms with Crippen LogP contribution in [0.25, 0.3) is 0 Å². The molecule has 1 aliphatic heterocycles. The molecule has 2 rings (SSSR count). The van der Waals surface area contributed by atoms with Crippen LogP contribution in [0.2, 0.25) is 5.02 Å². The van der Waals surface area contributed by atoms with E-state index >= 15 is 0 Å². The second-order valence-corrected chi connectivity index (χ2v) is 4.87. The van der Waals surface area contributed by atoms with Gasteiger partial charge in [-0.3, -0.25) is 4.79 Å². The fraction of sp³-hybridized carbons (Fsp3) is 0.462. The number of aliphatic hydroxyl groups is 1. The third kappa shape index (κ3) is 2.65. The number of likely N-dealkylation sites (tertiary alicyclic amines) is 1. The van der Waals surface area contributed by atoms with E-state index in [2.05, 4.69) is 0 Å². The van der Waals surface area contributed by atoms with Gasteiger partial charge < -0.3 is 10.0 Å². The van der Waals surface area contributed by atoms with Crippen LogP contribution in [0.1, 0.15) is 29.6 Å². The molecule has 1 aliphatic rings. The number of hydrogen-bond acceptors (Lipinski definition) is 2. The van der Waals surface area contributed by atoms with Crippen molar-refractivity contribution in [3.05, 3.63) is 34.6 Å². The molecule has 1 saturated heterocycles. The van der Waals surface area contributed by atoms with Crippen molar-refractivity contribution in [1.29, 1.82) is 0 Å². The predicted molar refractivity (Wildman–Crippen MR) is 67.2 cm³/mol. The van der Waals surface area contributed by atoms with Crippen molar-refractivity contribution in [3.63, 3.8) is 0 Å². The summed E-state index contributed by atoms with van der Waals surface area (Å²) in [5.41, 5.74) is 0.00680. The van der Waals surface area contributed by atoms with Crippen molar-refractivity contribution < 1.29 is 14.3 Å². The lowest BCUT2D eigenvalue weighted by Crippen LogP contribution is -2.36. The van der Waals surface area contributed by atoms with Gasteiger partial charge in [-0.05, 0) is 37.5 Å². The molecular formula is C13H15ClFNO2. The van der Waals surface area contributed by atoms with E-state index in [0.29, 0.717) is 18.0 Å². The fourth-order valence-corrected chi connectivity index (χ4v) is 2.54. The molecule has 0 aromatic heterocycles. The first-order valence-electron chi connectivity index (χ1n) is 6.00. The Hall–Kier alpha value is -1.13. The summed E-state index contributed by atoms with van der Waals surface area (Å²) < 4.78 is 13.6. The molecule has 1 amide bonds. The van der Waals surface area contributed by atoms with Crippen LogP contribution >= 0.6 is 11.6 Å². The highest BCUT2D eigenvalue weighted by Crippen LogP contribution is 2.24. The molecule has 98 valence electrons.